The Labute approximate surface area is 182 Å². The van der Waals surface area contributed by atoms with Gasteiger partial charge in [-0.15, -0.1) is 24.0 Å². The Kier molecular flexibility index (Phi) is 8.91. The van der Waals surface area contributed by atoms with E-state index in [0.29, 0.717) is 18.2 Å². The van der Waals surface area contributed by atoms with Crippen molar-refractivity contribution in [3.8, 4) is 0 Å². The summed E-state index contributed by atoms with van der Waals surface area (Å²) in [4.78, 5) is 11.2. The van der Waals surface area contributed by atoms with E-state index >= 15 is 0 Å². The molecule has 2 aromatic rings. The molecule has 3 heterocycles. The molecule has 9 heteroatoms. The lowest BCUT2D eigenvalue weighted by Gasteiger charge is -2.22. The summed E-state index contributed by atoms with van der Waals surface area (Å²) >= 11 is 6.09. The monoisotopic (exact) mass is 507 g/mol. The minimum absolute atomic E-state index is 0. The maximum Gasteiger partial charge on any atom is 0.194 e. The highest BCUT2D eigenvalue weighted by atomic mass is 127. The zero-order valence-corrected chi connectivity index (χ0v) is 18.8. The Balaban J connectivity index is 0.00000261. The van der Waals surface area contributed by atoms with Crippen LogP contribution in [0.3, 0.4) is 0 Å². The smallest absolute Gasteiger partial charge is 0.194 e. The van der Waals surface area contributed by atoms with Gasteiger partial charge in [-0.1, -0.05) is 11.6 Å². The van der Waals surface area contributed by atoms with Gasteiger partial charge in [0.05, 0.1) is 31.7 Å². The minimum Gasteiger partial charge on any atom is -0.469 e. The van der Waals surface area contributed by atoms with Crippen molar-refractivity contribution in [1.29, 1.82) is 0 Å². The van der Waals surface area contributed by atoms with Crippen LogP contribution >= 0.6 is 35.6 Å². The number of nitrogens with one attached hydrogen (secondary N) is 1. The quantitative estimate of drug-likeness (QED) is 0.354. The second-order valence-corrected chi connectivity index (χ2v) is 6.85. The standard InChI is InChI=1S/C18H26ClN5O2.HI/c1-23(13-17-21-12-16(19)24(17)2)18(22-11-15-6-4-10-26-15)20-8-7-14-5-3-9-25-14;/h3,5,9,12,15H,4,6-8,10-11,13H2,1-2H3,(H,20,22);1H. The van der Waals surface area contributed by atoms with E-state index in [9.17, 15) is 0 Å². The summed E-state index contributed by atoms with van der Waals surface area (Å²) in [5.74, 6) is 2.66. The van der Waals surface area contributed by atoms with Crippen molar-refractivity contribution >= 4 is 41.5 Å². The maximum absolute atomic E-state index is 6.09. The summed E-state index contributed by atoms with van der Waals surface area (Å²) in [5, 5.41) is 4.04. The summed E-state index contributed by atoms with van der Waals surface area (Å²) in [6.45, 7) is 2.85. The van der Waals surface area contributed by atoms with Crippen molar-refractivity contribution in [2.45, 2.75) is 31.9 Å². The van der Waals surface area contributed by atoms with E-state index < -0.39 is 0 Å². The summed E-state index contributed by atoms with van der Waals surface area (Å²) in [7, 11) is 3.91. The number of furan rings is 1. The van der Waals surface area contributed by atoms with Gasteiger partial charge in [0.2, 0.25) is 0 Å². The second-order valence-electron chi connectivity index (χ2n) is 6.47. The lowest BCUT2D eigenvalue weighted by Crippen LogP contribution is -2.40. The average Bonchev–Trinajstić information content (AvgIpc) is 3.38. The van der Waals surface area contributed by atoms with Gasteiger partial charge < -0.3 is 23.9 Å². The molecule has 1 aliphatic rings. The molecule has 0 radical (unpaired) electrons. The van der Waals surface area contributed by atoms with Gasteiger partial charge in [-0.3, -0.25) is 4.99 Å². The van der Waals surface area contributed by atoms with E-state index in [1.165, 1.54) is 0 Å². The van der Waals surface area contributed by atoms with Crippen LogP contribution in [-0.4, -0.2) is 53.3 Å². The van der Waals surface area contributed by atoms with Crippen molar-refractivity contribution in [2.75, 3.05) is 26.7 Å². The van der Waals surface area contributed by atoms with Crippen molar-refractivity contribution in [2.24, 2.45) is 12.0 Å². The van der Waals surface area contributed by atoms with Crippen LogP contribution in [0.15, 0.2) is 34.0 Å². The SMILES string of the molecule is CN(Cc1ncc(Cl)n1C)C(=NCC1CCCO1)NCCc1ccco1.I. The number of guanidine groups is 1. The summed E-state index contributed by atoms with van der Waals surface area (Å²) in [6.07, 6.45) is 6.56. The molecule has 3 rings (SSSR count). The molecule has 1 aliphatic heterocycles. The third-order valence-electron chi connectivity index (χ3n) is 4.47. The first-order valence-corrected chi connectivity index (χ1v) is 9.31. The topological polar surface area (TPSA) is 67.8 Å². The molecule has 1 atom stereocenters. The fraction of sp³-hybridized carbons (Fsp3) is 0.556. The van der Waals surface area contributed by atoms with E-state index in [1.54, 1.807) is 12.5 Å². The molecule has 0 saturated carbocycles. The largest absolute Gasteiger partial charge is 0.469 e. The summed E-state index contributed by atoms with van der Waals surface area (Å²) < 4.78 is 12.9. The Morgan fingerprint density at radius 1 is 1.52 bits per heavy atom. The molecule has 2 aromatic heterocycles. The molecule has 0 spiro atoms. The predicted octanol–water partition coefficient (Wildman–Crippen LogP) is 3.08. The van der Waals surface area contributed by atoms with Gasteiger partial charge in [-0.05, 0) is 25.0 Å². The molecule has 150 valence electrons. The normalized spacial score (nSPS) is 17.0. The first kappa shape index (κ1) is 22.0. The van der Waals surface area contributed by atoms with Crippen LogP contribution in [0.1, 0.15) is 24.4 Å². The molecule has 0 aromatic carbocycles. The highest BCUT2D eigenvalue weighted by molar-refractivity contribution is 14.0. The van der Waals surface area contributed by atoms with Crippen LogP contribution in [0.5, 0.6) is 0 Å². The first-order chi connectivity index (χ1) is 12.6. The van der Waals surface area contributed by atoms with Crippen LogP contribution in [0.25, 0.3) is 0 Å². The number of ether oxygens (including phenoxy) is 1. The predicted molar refractivity (Wildman–Crippen MR) is 117 cm³/mol. The van der Waals surface area contributed by atoms with Gasteiger partial charge in [0.25, 0.3) is 0 Å². The van der Waals surface area contributed by atoms with Crippen LogP contribution in [-0.2, 0) is 24.8 Å². The summed E-state index contributed by atoms with van der Waals surface area (Å²) in [5.41, 5.74) is 0. The molecule has 0 aliphatic carbocycles. The Morgan fingerprint density at radius 3 is 3.00 bits per heavy atom. The maximum atomic E-state index is 6.09. The van der Waals surface area contributed by atoms with E-state index in [-0.39, 0.29) is 30.1 Å². The highest BCUT2D eigenvalue weighted by Crippen LogP contribution is 2.13. The van der Waals surface area contributed by atoms with Gasteiger partial charge in [-0.25, -0.2) is 4.98 Å². The van der Waals surface area contributed by atoms with Crippen LogP contribution < -0.4 is 5.32 Å². The number of halogens is 2. The number of rotatable bonds is 7. The van der Waals surface area contributed by atoms with E-state index in [1.807, 2.05) is 30.8 Å². The van der Waals surface area contributed by atoms with Crippen molar-refractivity contribution in [3.63, 3.8) is 0 Å². The zero-order chi connectivity index (χ0) is 18.4. The molecular formula is C18H27ClIN5O2. The average molecular weight is 508 g/mol. The molecular weight excluding hydrogens is 481 g/mol. The van der Waals surface area contributed by atoms with Gasteiger partial charge in [0.1, 0.15) is 16.7 Å². The number of hydrogen-bond donors (Lipinski definition) is 1. The van der Waals surface area contributed by atoms with E-state index in [2.05, 4.69) is 15.2 Å². The molecule has 1 saturated heterocycles. The number of aliphatic imine (C=N–C) groups is 1. The molecule has 27 heavy (non-hydrogen) atoms. The van der Waals surface area contributed by atoms with E-state index in [0.717, 1.165) is 50.0 Å². The van der Waals surface area contributed by atoms with Crippen molar-refractivity contribution in [1.82, 2.24) is 19.8 Å². The van der Waals surface area contributed by atoms with Crippen molar-refractivity contribution in [3.05, 3.63) is 41.3 Å². The van der Waals surface area contributed by atoms with Gasteiger partial charge in [0, 0.05) is 33.7 Å². The van der Waals surface area contributed by atoms with Crippen molar-refractivity contribution < 1.29 is 9.15 Å². The highest BCUT2D eigenvalue weighted by Gasteiger charge is 2.17. The van der Waals surface area contributed by atoms with Gasteiger partial charge in [0.15, 0.2) is 5.96 Å². The molecule has 1 fully saturated rings. The molecule has 1 unspecified atom stereocenters. The van der Waals surface area contributed by atoms with Crippen LogP contribution in [0.4, 0.5) is 0 Å². The molecule has 7 nitrogen and oxygen atoms in total. The van der Waals surface area contributed by atoms with Gasteiger partial charge in [-0.2, -0.15) is 0 Å². The third-order valence-corrected chi connectivity index (χ3v) is 4.82. The fourth-order valence-electron chi connectivity index (χ4n) is 2.90. The Bertz CT molecular complexity index is 713. The lowest BCUT2D eigenvalue weighted by molar-refractivity contribution is 0.117. The van der Waals surface area contributed by atoms with Gasteiger partial charge >= 0.3 is 0 Å². The molecule has 1 N–H and O–H groups in total. The molecule has 0 bridgehead atoms. The third kappa shape index (κ3) is 6.39. The second kappa shape index (κ2) is 10.9. The molecule has 0 amide bonds. The first-order valence-electron chi connectivity index (χ1n) is 8.93. The lowest BCUT2D eigenvalue weighted by atomic mass is 10.2. The number of imidazole rings is 1. The number of nitrogens with zero attached hydrogens (tertiary/aromatic N) is 4. The summed E-state index contributed by atoms with van der Waals surface area (Å²) in [6, 6.07) is 3.88. The Morgan fingerprint density at radius 2 is 2.37 bits per heavy atom. The number of hydrogen-bond acceptors (Lipinski definition) is 4. The number of aromatic nitrogens is 2. The minimum atomic E-state index is 0. The van der Waals surface area contributed by atoms with Crippen LogP contribution in [0, 0.1) is 0 Å². The Hall–Kier alpha value is -1.26. The van der Waals surface area contributed by atoms with Crippen LogP contribution in [0.2, 0.25) is 5.15 Å². The van der Waals surface area contributed by atoms with E-state index in [4.69, 9.17) is 25.7 Å². The fourth-order valence-corrected chi connectivity index (χ4v) is 3.05. The zero-order valence-electron chi connectivity index (χ0n) is 15.7.